The van der Waals surface area contributed by atoms with Gasteiger partial charge in [0, 0.05) is 13.1 Å². The molecule has 0 bridgehead atoms. The molecule has 1 amide bonds. The molecule has 1 rings (SSSR count). The molecule has 5 heteroatoms. The van der Waals surface area contributed by atoms with E-state index in [4.69, 9.17) is 5.11 Å². The third-order valence-electron chi connectivity index (χ3n) is 2.88. The Balaban J connectivity index is 2.59. The van der Waals surface area contributed by atoms with E-state index in [1.165, 1.54) is 0 Å². The van der Waals surface area contributed by atoms with Gasteiger partial charge in [0.1, 0.15) is 0 Å². The number of amides is 1. The molecule has 15 heavy (non-hydrogen) atoms. The third kappa shape index (κ3) is 2.92. The summed E-state index contributed by atoms with van der Waals surface area (Å²) in [7, 11) is 1.61. The number of hydrogen-bond acceptors (Lipinski definition) is 3. The maximum absolute atomic E-state index is 11.5. The van der Waals surface area contributed by atoms with Gasteiger partial charge in [-0.3, -0.25) is 14.5 Å². The van der Waals surface area contributed by atoms with Gasteiger partial charge in [0.25, 0.3) is 0 Å². The molecule has 86 valence electrons. The van der Waals surface area contributed by atoms with Crippen molar-refractivity contribution in [2.24, 2.45) is 0 Å². The highest BCUT2D eigenvalue weighted by atomic mass is 16.4. The minimum absolute atomic E-state index is 0.00950. The van der Waals surface area contributed by atoms with E-state index in [1.807, 2.05) is 11.8 Å². The highest BCUT2D eigenvalue weighted by Crippen LogP contribution is 2.21. The summed E-state index contributed by atoms with van der Waals surface area (Å²) in [5.74, 6) is -0.824. The van der Waals surface area contributed by atoms with Crippen LogP contribution < -0.4 is 5.32 Å². The van der Waals surface area contributed by atoms with E-state index in [-0.39, 0.29) is 24.4 Å². The summed E-state index contributed by atoms with van der Waals surface area (Å²) in [6, 6.07) is -0.225. The Morgan fingerprint density at radius 3 is 2.80 bits per heavy atom. The molecule has 0 aromatic heterocycles. The molecule has 0 radical (unpaired) electrons. The minimum Gasteiger partial charge on any atom is -0.481 e. The molecule has 1 heterocycles. The Hall–Kier alpha value is -1.10. The number of hydrogen-bond donors (Lipinski definition) is 2. The molecular weight excluding hydrogens is 196 g/mol. The van der Waals surface area contributed by atoms with Gasteiger partial charge >= 0.3 is 5.97 Å². The van der Waals surface area contributed by atoms with Crippen LogP contribution in [-0.4, -0.2) is 47.6 Å². The monoisotopic (exact) mass is 214 g/mol. The van der Waals surface area contributed by atoms with Crippen LogP contribution in [0.1, 0.15) is 26.2 Å². The van der Waals surface area contributed by atoms with Crippen molar-refractivity contribution in [3.63, 3.8) is 0 Å². The van der Waals surface area contributed by atoms with Crippen LogP contribution in [-0.2, 0) is 9.59 Å². The first-order chi connectivity index (χ1) is 7.06. The van der Waals surface area contributed by atoms with Crippen LogP contribution in [0.15, 0.2) is 0 Å². The SMILES string of the molecule is CNC(=O)C1CCCN1C(C)CC(=O)O. The molecule has 5 nitrogen and oxygen atoms in total. The lowest BCUT2D eigenvalue weighted by atomic mass is 10.1. The van der Waals surface area contributed by atoms with Gasteiger partial charge in [0.2, 0.25) is 5.91 Å². The Bertz CT molecular complexity index is 255. The number of nitrogens with one attached hydrogen (secondary N) is 1. The van der Waals surface area contributed by atoms with Crippen LogP contribution >= 0.6 is 0 Å². The lowest BCUT2D eigenvalue weighted by Gasteiger charge is -2.28. The zero-order chi connectivity index (χ0) is 11.4. The van der Waals surface area contributed by atoms with Crippen molar-refractivity contribution in [3.05, 3.63) is 0 Å². The molecular formula is C10H18N2O3. The molecule has 1 saturated heterocycles. The molecule has 2 atom stereocenters. The maximum Gasteiger partial charge on any atom is 0.304 e. The first-order valence-electron chi connectivity index (χ1n) is 5.25. The van der Waals surface area contributed by atoms with Crippen LogP contribution in [0, 0.1) is 0 Å². The van der Waals surface area contributed by atoms with Crippen molar-refractivity contribution in [2.75, 3.05) is 13.6 Å². The lowest BCUT2D eigenvalue weighted by Crippen LogP contribution is -2.46. The van der Waals surface area contributed by atoms with Crippen LogP contribution in [0.2, 0.25) is 0 Å². The fourth-order valence-corrected chi connectivity index (χ4v) is 2.13. The number of likely N-dealkylation sites (N-methyl/N-ethyl adjacent to an activating group) is 1. The van der Waals surface area contributed by atoms with Crippen molar-refractivity contribution in [2.45, 2.75) is 38.3 Å². The summed E-state index contributed by atoms with van der Waals surface area (Å²) >= 11 is 0. The predicted octanol–water partition coefficient (Wildman–Crippen LogP) is 0.0600. The van der Waals surface area contributed by atoms with E-state index in [0.29, 0.717) is 0 Å². The maximum atomic E-state index is 11.5. The lowest BCUT2D eigenvalue weighted by molar-refractivity contribution is -0.139. The zero-order valence-corrected chi connectivity index (χ0v) is 9.19. The third-order valence-corrected chi connectivity index (χ3v) is 2.88. The number of carboxylic acids is 1. The van der Waals surface area contributed by atoms with Crippen LogP contribution in [0.5, 0.6) is 0 Å². The van der Waals surface area contributed by atoms with Gasteiger partial charge in [-0.2, -0.15) is 0 Å². The first-order valence-corrected chi connectivity index (χ1v) is 5.25. The highest BCUT2D eigenvalue weighted by Gasteiger charge is 2.33. The van der Waals surface area contributed by atoms with Crippen molar-refractivity contribution in [1.82, 2.24) is 10.2 Å². The molecule has 1 fully saturated rings. The van der Waals surface area contributed by atoms with Gasteiger partial charge in [0.05, 0.1) is 12.5 Å². The summed E-state index contributed by atoms with van der Waals surface area (Å²) in [4.78, 5) is 24.1. The smallest absolute Gasteiger partial charge is 0.304 e. The van der Waals surface area contributed by atoms with Crippen molar-refractivity contribution in [3.8, 4) is 0 Å². The van der Waals surface area contributed by atoms with Crippen molar-refractivity contribution >= 4 is 11.9 Å². The number of rotatable bonds is 4. The Labute approximate surface area is 89.4 Å². The number of carbonyl (C=O) groups excluding carboxylic acids is 1. The van der Waals surface area contributed by atoms with E-state index in [9.17, 15) is 9.59 Å². The summed E-state index contributed by atoms with van der Waals surface area (Å²) in [6.45, 7) is 2.67. The zero-order valence-electron chi connectivity index (χ0n) is 9.19. The molecule has 0 saturated carbocycles. The molecule has 0 aromatic rings. The van der Waals surface area contributed by atoms with Crippen LogP contribution in [0.25, 0.3) is 0 Å². The van der Waals surface area contributed by atoms with Gasteiger partial charge < -0.3 is 10.4 Å². The van der Waals surface area contributed by atoms with E-state index in [1.54, 1.807) is 7.05 Å². The largest absolute Gasteiger partial charge is 0.481 e. The summed E-state index contributed by atoms with van der Waals surface area (Å²) in [5.41, 5.74) is 0. The number of carbonyl (C=O) groups is 2. The van der Waals surface area contributed by atoms with E-state index < -0.39 is 5.97 Å². The topological polar surface area (TPSA) is 69.6 Å². The van der Waals surface area contributed by atoms with Gasteiger partial charge in [-0.05, 0) is 26.3 Å². The normalized spacial score (nSPS) is 23.7. The molecule has 0 aliphatic carbocycles. The minimum atomic E-state index is -0.815. The second-order valence-electron chi connectivity index (χ2n) is 3.96. The van der Waals surface area contributed by atoms with Gasteiger partial charge in [-0.15, -0.1) is 0 Å². The molecule has 0 aromatic carbocycles. The summed E-state index contributed by atoms with van der Waals surface area (Å²) in [5, 5.41) is 11.3. The van der Waals surface area contributed by atoms with Crippen LogP contribution in [0.4, 0.5) is 0 Å². The van der Waals surface area contributed by atoms with Crippen molar-refractivity contribution in [1.29, 1.82) is 0 Å². The second-order valence-corrected chi connectivity index (χ2v) is 3.96. The first kappa shape index (κ1) is 12.0. The molecule has 2 N–H and O–H groups in total. The molecule has 1 aliphatic rings. The molecule has 2 unspecified atom stereocenters. The van der Waals surface area contributed by atoms with E-state index in [0.717, 1.165) is 19.4 Å². The van der Waals surface area contributed by atoms with Gasteiger partial charge in [-0.25, -0.2) is 0 Å². The number of aliphatic carboxylic acids is 1. The standard InChI is InChI=1S/C10H18N2O3/c1-7(6-9(13)14)12-5-3-4-8(12)10(15)11-2/h7-8H,3-6H2,1-2H3,(H,11,15)(H,13,14). The Kier molecular flexibility index (Phi) is 4.08. The predicted molar refractivity (Wildman–Crippen MR) is 55.5 cm³/mol. The second kappa shape index (κ2) is 5.11. The fraction of sp³-hybridized carbons (Fsp3) is 0.800. The number of nitrogens with zero attached hydrogens (tertiary/aromatic N) is 1. The van der Waals surface area contributed by atoms with Crippen molar-refractivity contribution < 1.29 is 14.7 Å². The number of carboxylic acid groups (broad SMARTS) is 1. The Morgan fingerprint density at radius 1 is 1.60 bits per heavy atom. The fourth-order valence-electron chi connectivity index (χ4n) is 2.13. The highest BCUT2D eigenvalue weighted by molar-refractivity contribution is 5.81. The number of likely N-dealkylation sites (tertiary alicyclic amines) is 1. The molecule has 0 spiro atoms. The van der Waals surface area contributed by atoms with Gasteiger partial charge in [-0.1, -0.05) is 0 Å². The molecule has 1 aliphatic heterocycles. The van der Waals surface area contributed by atoms with E-state index in [2.05, 4.69) is 5.32 Å². The average molecular weight is 214 g/mol. The summed E-state index contributed by atoms with van der Waals surface area (Å²) < 4.78 is 0. The Morgan fingerprint density at radius 2 is 2.27 bits per heavy atom. The summed E-state index contributed by atoms with van der Waals surface area (Å²) in [6.07, 6.45) is 1.87. The quantitative estimate of drug-likeness (QED) is 0.694. The van der Waals surface area contributed by atoms with Gasteiger partial charge in [0.15, 0.2) is 0 Å². The average Bonchev–Trinajstić information content (AvgIpc) is 2.63. The van der Waals surface area contributed by atoms with Crippen LogP contribution in [0.3, 0.4) is 0 Å². The van der Waals surface area contributed by atoms with E-state index >= 15 is 0 Å².